The summed E-state index contributed by atoms with van der Waals surface area (Å²) >= 11 is 0. The van der Waals surface area contributed by atoms with Crippen molar-refractivity contribution in [1.82, 2.24) is 19.9 Å². The van der Waals surface area contributed by atoms with Crippen LogP contribution in [-0.4, -0.2) is 53.7 Å². The van der Waals surface area contributed by atoms with Gasteiger partial charge in [0.2, 0.25) is 0 Å². The Morgan fingerprint density at radius 1 is 1.29 bits per heavy atom. The zero-order chi connectivity index (χ0) is 15.0. The summed E-state index contributed by atoms with van der Waals surface area (Å²) in [5.41, 5.74) is 8.50. The van der Waals surface area contributed by atoms with E-state index in [4.69, 9.17) is 10.3 Å². The van der Waals surface area contributed by atoms with E-state index < -0.39 is 0 Å². The van der Waals surface area contributed by atoms with E-state index in [-0.39, 0.29) is 6.04 Å². The molecule has 1 aliphatic heterocycles. The number of piperazine rings is 1. The molecule has 0 spiro atoms. The van der Waals surface area contributed by atoms with Crippen molar-refractivity contribution in [3.63, 3.8) is 0 Å². The van der Waals surface area contributed by atoms with Crippen molar-refractivity contribution in [2.24, 2.45) is 0 Å². The number of hydrogen-bond acceptors (Lipinski definition) is 6. The van der Waals surface area contributed by atoms with Gasteiger partial charge < -0.3 is 15.2 Å². The molecule has 1 aromatic carbocycles. The van der Waals surface area contributed by atoms with Gasteiger partial charge in [0.05, 0.1) is 6.04 Å². The van der Waals surface area contributed by atoms with Crippen molar-refractivity contribution >= 4 is 5.69 Å². The van der Waals surface area contributed by atoms with E-state index in [9.17, 15) is 0 Å². The van der Waals surface area contributed by atoms with Crippen LogP contribution in [0.25, 0.3) is 11.5 Å². The molecule has 2 N–H and O–H groups in total. The summed E-state index contributed by atoms with van der Waals surface area (Å²) in [7, 11) is 4.22. The summed E-state index contributed by atoms with van der Waals surface area (Å²) in [6.45, 7) is 4.98. The smallest absolute Gasteiger partial charge is 0.258 e. The SMILES string of the molecule is Cc1cc(N)ccc1-c1nc(C2CN(C)CCN2C)no1. The highest BCUT2D eigenvalue weighted by Gasteiger charge is 2.28. The van der Waals surface area contributed by atoms with Crippen LogP contribution >= 0.6 is 0 Å². The highest BCUT2D eigenvalue weighted by atomic mass is 16.5. The van der Waals surface area contributed by atoms with E-state index in [2.05, 4.69) is 34.0 Å². The minimum Gasteiger partial charge on any atom is -0.399 e. The number of nitrogens with zero attached hydrogens (tertiary/aromatic N) is 4. The Kier molecular flexibility index (Phi) is 3.65. The third-order valence-electron chi connectivity index (χ3n) is 4.07. The number of nitrogens with two attached hydrogens (primary N) is 1. The van der Waals surface area contributed by atoms with Crippen molar-refractivity contribution in [2.45, 2.75) is 13.0 Å². The molecule has 1 saturated heterocycles. The molecule has 6 heteroatoms. The van der Waals surface area contributed by atoms with E-state index in [0.29, 0.717) is 5.89 Å². The van der Waals surface area contributed by atoms with Gasteiger partial charge in [0.25, 0.3) is 5.89 Å². The number of rotatable bonds is 2. The fourth-order valence-electron chi connectivity index (χ4n) is 2.70. The van der Waals surface area contributed by atoms with Crippen molar-refractivity contribution < 1.29 is 4.52 Å². The molecule has 6 nitrogen and oxygen atoms in total. The number of hydrogen-bond donors (Lipinski definition) is 1. The number of aromatic nitrogens is 2. The second kappa shape index (κ2) is 5.46. The predicted octanol–water partition coefficient (Wildman–Crippen LogP) is 1.55. The normalized spacial score (nSPS) is 20.8. The van der Waals surface area contributed by atoms with Crippen LogP contribution in [0.15, 0.2) is 22.7 Å². The van der Waals surface area contributed by atoms with Gasteiger partial charge in [0.1, 0.15) is 0 Å². The molecule has 3 rings (SSSR count). The second-order valence-corrected chi connectivity index (χ2v) is 5.79. The largest absolute Gasteiger partial charge is 0.399 e. The zero-order valence-electron chi connectivity index (χ0n) is 12.7. The first-order valence-corrected chi connectivity index (χ1v) is 7.13. The first kappa shape index (κ1) is 14.0. The first-order chi connectivity index (χ1) is 10.0. The van der Waals surface area contributed by atoms with Gasteiger partial charge in [-0.1, -0.05) is 5.16 Å². The number of aryl methyl sites for hydroxylation is 1. The van der Waals surface area contributed by atoms with Crippen LogP contribution < -0.4 is 5.73 Å². The molecule has 1 atom stereocenters. The third-order valence-corrected chi connectivity index (χ3v) is 4.07. The highest BCUT2D eigenvalue weighted by Crippen LogP contribution is 2.27. The molecule has 21 heavy (non-hydrogen) atoms. The van der Waals surface area contributed by atoms with Gasteiger partial charge in [-0.25, -0.2) is 0 Å². The van der Waals surface area contributed by atoms with Crippen molar-refractivity contribution in [1.29, 1.82) is 0 Å². The van der Waals surface area contributed by atoms with Gasteiger partial charge in [-0.3, -0.25) is 4.90 Å². The van der Waals surface area contributed by atoms with Crippen LogP contribution in [0.3, 0.4) is 0 Å². The van der Waals surface area contributed by atoms with E-state index in [1.807, 2.05) is 25.1 Å². The summed E-state index contributed by atoms with van der Waals surface area (Å²) in [6.07, 6.45) is 0. The van der Waals surface area contributed by atoms with E-state index in [0.717, 1.165) is 42.3 Å². The summed E-state index contributed by atoms with van der Waals surface area (Å²) in [6, 6.07) is 5.88. The van der Waals surface area contributed by atoms with Crippen LogP contribution in [0.1, 0.15) is 17.4 Å². The molecule has 1 aliphatic rings. The lowest BCUT2D eigenvalue weighted by Gasteiger charge is -2.35. The highest BCUT2D eigenvalue weighted by molar-refractivity contribution is 5.62. The molecule has 2 aromatic rings. The van der Waals surface area contributed by atoms with Gasteiger partial charge in [-0.15, -0.1) is 0 Å². The van der Waals surface area contributed by atoms with Crippen molar-refractivity contribution in [2.75, 3.05) is 39.5 Å². The lowest BCUT2D eigenvalue weighted by Crippen LogP contribution is -2.45. The maximum absolute atomic E-state index is 5.78. The number of nitrogen functional groups attached to an aromatic ring is 1. The molecule has 1 fully saturated rings. The summed E-state index contributed by atoms with van der Waals surface area (Å²) in [5.74, 6) is 1.31. The fraction of sp³-hybridized carbons (Fsp3) is 0.467. The Labute approximate surface area is 124 Å². The third kappa shape index (κ3) is 2.77. The quantitative estimate of drug-likeness (QED) is 0.845. The molecule has 1 aromatic heterocycles. The molecular formula is C15H21N5O. The van der Waals surface area contributed by atoms with Crippen LogP contribution in [0, 0.1) is 6.92 Å². The number of anilines is 1. The maximum atomic E-state index is 5.78. The van der Waals surface area contributed by atoms with E-state index >= 15 is 0 Å². The molecule has 1 unspecified atom stereocenters. The standard InChI is InChI=1S/C15H21N5O/c1-10-8-11(16)4-5-12(10)15-17-14(18-21-15)13-9-19(2)6-7-20(13)3/h4-5,8,13H,6-7,9,16H2,1-3H3. The van der Waals surface area contributed by atoms with E-state index in [1.165, 1.54) is 0 Å². The van der Waals surface area contributed by atoms with Crippen LogP contribution in [0.5, 0.6) is 0 Å². The lowest BCUT2D eigenvalue weighted by atomic mass is 10.1. The predicted molar refractivity (Wildman–Crippen MR) is 81.8 cm³/mol. The van der Waals surface area contributed by atoms with Crippen molar-refractivity contribution in [3.05, 3.63) is 29.6 Å². The van der Waals surface area contributed by atoms with Gasteiger partial charge in [-0.05, 0) is 44.8 Å². The average Bonchev–Trinajstić information content (AvgIpc) is 2.91. The second-order valence-electron chi connectivity index (χ2n) is 5.79. The molecular weight excluding hydrogens is 266 g/mol. The average molecular weight is 287 g/mol. The Hall–Kier alpha value is -1.92. The van der Waals surface area contributed by atoms with Gasteiger partial charge in [0.15, 0.2) is 5.82 Å². The van der Waals surface area contributed by atoms with Gasteiger partial charge in [-0.2, -0.15) is 4.98 Å². The lowest BCUT2D eigenvalue weighted by molar-refractivity contribution is 0.108. The Balaban J connectivity index is 1.89. The first-order valence-electron chi connectivity index (χ1n) is 7.13. The van der Waals surface area contributed by atoms with E-state index in [1.54, 1.807) is 0 Å². The monoisotopic (exact) mass is 287 g/mol. The Morgan fingerprint density at radius 2 is 2.10 bits per heavy atom. The van der Waals surface area contributed by atoms with Crippen LogP contribution in [-0.2, 0) is 0 Å². The van der Waals surface area contributed by atoms with Crippen LogP contribution in [0.2, 0.25) is 0 Å². The minimum absolute atomic E-state index is 0.176. The fourth-order valence-corrected chi connectivity index (χ4v) is 2.70. The minimum atomic E-state index is 0.176. The Morgan fingerprint density at radius 3 is 2.86 bits per heavy atom. The molecule has 112 valence electrons. The molecule has 2 heterocycles. The molecule has 0 saturated carbocycles. The topological polar surface area (TPSA) is 71.4 Å². The number of likely N-dealkylation sites (N-methyl/N-ethyl adjacent to an activating group) is 2. The van der Waals surface area contributed by atoms with Crippen LogP contribution in [0.4, 0.5) is 5.69 Å². The molecule has 0 bridgehead atoms. The number of benzene rings is 1. The van der Waals surface area contributed by atoms with Gasteiger partial charge >= 0.3 is 0 Å². The summed E-state index contributed by atoms with van der Waals surface area (Å²) < 4.78 is 5.46. The Bertz CT molecular complexity index is 639. The molecule has 0 radical (unpaired) electrons. The van der Waals surface area contributed by atoms with Crippen molar-refractivity contribution in [3.8, 4) is 11.5 Å². The maximum Gasteiger partial charge on any atom is 0.258 e. The molecule has 0 amide bonds. The summed E-state index contributed by atoms with van der Waals surface area (Å²) in [4.78, 5) is 9.15. The van der Waals surface area contributed by atoms with Gasteiger partial charge in [0, 0.05) is 30.9 Å². The molecule has 0 aliphatic carbocycles. The zero-order valence-corrected chi connectivity index (χ0v) is 12.7. The summed E-state index contributed by atoms with van der Waals surface area (Å²) in [5, 5.41) is 4.18.